The normalized spacial score (nSPS) is 12.2. The van der Waals surface area contributed by atoms with Crippen molar-refractivity contribution in [3.05, 3.63) is 90.2 Å². The molecule has 140 valence electrons. The highest BCUT2D eigenvalue weighted by atomic mass is 32.2. The number of aromatic nitrogens is 2. The van der Waals surface area contributed by atoms with Crippen LogP contribution in [-0.4, -0.2) is 24.2 Å². The van der Waals surface area contributed by atoms with Crippen LogP contribution in [0.5, 0.6) is 0 Å². The van der Waals surface area contributed by atoms with Crippen LogP contribution in [0.2, 0.25) is 0 Å². The largest absolute Gasteiger partial charge is 0.324 e. The zero-order chi connectivity index (χ0) is 19.6. The van der Waals surface area contributed by atoms with Gasteiger partial charge in [0.1, 0.15) is 5.82 Å². The highest BCUT2D eigenvalue weighted by Crippen LogP contribution is 2.17. The molecule has 0 radical (unpaired) electrons. The molecule has 0 amide bonds. The van der Waals surface area contributed by atoms with Crippen LogP contribution in [0, 0.1) is 5.82 Å². The number of H-pyrrole nitrogens is 1. The average molecular weight is 394 g/mol. The summed E-state index contributed by atoms with van der Waals surface area (Å²) in [6.07, 6.45) is 0. The predicted molar refractivity (Wildman–Crippen MR) is 106 cm³/mol. The van der Waals surface area contributed by atoms with Crippen molar-refractivity contribution in [2.45, 2.75) is 4.90 Å². The fraction of sp³-hybridized carbons (Fsp3) is 0. The minimum Gasteiger partial charge on any atom is -0.324 e. The third-order valence-corrected chi connectivity index (χ3v) is 5.29. The topological polar surface area (TPSA) is 87.2 Å². The first-order valence-corrected chi connectivity index (χ1v) is 9.83. The number of rotatable bonds is 4. The standard InChI is InChI=1S/C20H15FN4O2S/c21-15-10-12-16(13-11-15)28(26,27)25-19(14-6-2-1-3-7-14)24-20-22-17-8-4-5-9-18(17)23-20/h1-13H,(H2,22,23,24,25). The molecule has 8 heteroatoms. The number of hydrogen-bond acceptors (Lipinski definition) is 3. The minimum absolute atomic E-state index is 0.101. The van der Waals surface area contributed by atoms with Crippen molar-refractivity contribution in [1.82, 2.24) is 9.97 Å². The van der Waals surface area contributed by atoms with E-state index in [0.29, 0.717) is 11.5 Å². The molecule has 0 saturated carbocycles. The van der Waals surface area contributed by atoms with Gasteiger partial charge in [-0.25, -0.2) is 9.37 Å². The lowest BCUT2D eigenvalue weighted by atomic mass is 10.2. The number of aromatic amines is 1. The van der Waals surface area contributed by atoms with Crippen LogP contribution in [0.4, 0.5) is 10.3 Å². The quantitative estimate of drug-likeness (QED) is 0.405. The Bertz CT molecular complexity index is 1220. The average Bonchev–Trinajstić information content (AvgIpc) is 3.11. The number of amidine groups is 1. The van der Waals surface area contributed by atoms with E-state index in [0.717, 1.165) is 23.2 Å². The van der Waals surface area contributed by atoms with E-state index in [-0.39, 0.29) is 10.7 Å². The van der Waals surface area contributed by atoms with Crippen molar-refractivity contribution in [1.29, 1.82) is 0 Å². The maximum Gasteiger partial charge on any atom is 0.284 e. The predicted octanol–water partition coefficient (Wildman–Crippen LogP) is 3.95. The van der Waals surface area contributed by atoms with Crippen LogP contribution in [-0.2, 0) is 10.0 Å². The molecule has 1 heterocycles. The van der Waals surface area contributed by atoms with Crippen molar-refractivity contribution < 1.29 is 12.8 Å². The summed E-state index contributed by atoms with van der Waals surface area (Å²) >= 11 is 0. The van der Waals surface area contributed by atoms with E-state index in [9.17, 15) is 12.8 Å². The molecule has 0 unspecified atom stereocenters. The van der Waals surface area contributed by atoms with Gasteiger partial charge in [-0.15, -0.1) is 4.40 Å². The molecule has 0 atom stereocenters. The first-order valence-electron chi connectivity index (χ1n) is 8.39. The van der Waals surface area contributed by atoms with Crippen molar-refractivity contribution >= 4 is 32.8 Å². The van der Waals surface area contributed by atoms with Gasteiger partial charge in [0, 0.05) is 5.56 Å². The van der Waals surface area contributed by atoms with Gasteiger partial charge in [-0.05, 0) is 36.4 Å². The Balaban J connectivity index is 1.77. The number of anilines is 1. The number of hydrogen-bond donors (Lipinski definition) is 2. The molecule has 28 heavy (non-hydrogen) atoms. The molecule has 3 aromatic carbocycles. The fourth-order valence-corrected chi connectivity index (χ4v) is 3.62. The van der Waals surface area contributed by atoms with Crippen LogP contribution in [0.25, 0.3) is 11.0 Å². The highest BCUT2D eigenvalue weighted by Gasteiger charge is 2.17. The molecule has 6 nitrogen and oxygen atoms in total. The number of imidazole rings is 1. The van der Waals surface area contributed by atoms with E-state index >= 15 is 0 Å². The molecule has 4 rings (SSSR count). The number of fused-ring (bicyclic) bond motifs is 1. The first-order chi connectivity index (χ1) is 13.5. The lowest BCUT2D eigenvalue weighted by Gasteiger charge is -2.08. The minimum atomic E-state index is -4.06. The second-order valence-electron chi connectivity index (χ2n) is 5.96. The molecule has 1 aromatic heterocycles. The third kappa shape index (κ3) is 3.77. The molecule has 0 aliphatic carbocycles. The fourth-order valence-electron chi connectivity index (χ4n) is 2.65. The zero-order valence-corrected chi connectivity index (χ0v) is 15.3. The van der Waals surface area contributed by atoms with E-state index in [1.54, 1.807) is 24.3 Å². The van der Waals surface area contributed by atoms with Gasteiger partial charge in [-0.1, -0.05) is 42.5 Å². The summed E-state index contributed by atoms with van der Waals surface area (Å²) < 4.78 is 42.5. The van der Waals surface area contributed by atoms with Crippen LogP contribution in [0.1, 0.15) is 5.56 Å². The lowest BCUT2D eigenvalue weighted by Crippen LogP contribution is -2.17. The molecule has 4 aromatic rings. The van der Waals surface area contributed by atoms with E-state index in [1.807, 2.05) is 30.3 Å². The molecular formula is C20H15FN4O2S. The summed E-state index contributed by atoms with van der Waals surface area (Å²) in [6, 6.07) is 20.8. The first kappa shape index (κ1) is 17.9. The highest BCUT2D eigenvalue weighted by molar-refractivity contribution is 7.90. The number of benzene rings is 3. The van der Waals surface area contributed by atoms with Gasteiger partial charge >= 0.3 is 0 Å². The molecule has 0 bridgehead atoms. The van der Waals surface area contributed by atoms with Gasteiger partial charge in [0.25, 0.3) is 10.0 Å². The van der Waals surface area contributed by atoms with E-state index in [2.05, 4.69) is 19.7 Å². The van der Waals surface area contributed by atoms with Crippen LogP contribution >= 0.6 is 0 Å². The lowest BCUT2D eigenvalue weighted by molar-refractivity contribution is 0.596. The second kappa shape index (κ2) is 7.24. The monoisotopic (exact) mass is 394 g/mol. The molecule has 0 saturated heterocycles. The Morgan fingerprint density at radius 2 is 1.61 bits per heavy atom. The van der Waals surface area contributed by atoms with E-state index in [1.165, 1.54) is 12.1 Å². The summed E-state index contributed by atoms with van der Waals surface area (Å²) in [5.41, 5.74) is 2.10. The SMILES string of the molecule is O=S(=O)(/N=C(\Nc1nc2ccccc2[nH]1)c1ccccc1)c1ccc(F)cc1. The van der Waals surface area contributed by atoms with Gasteiger partial charge in [0.15, 0.2) is 5.84 Å². The Hall–Kier alpha value is -3.52. The molecule has 0 aliphatic rings. The second-order valence-corrected chi connectivity index (χ2v) is 7.57. The maximum absolute atomic E-state index is 13.1. The Morgan fingerprint density at radius 3 is 2.32 bits per heavy atom. The number of nitrogens with zero attached hydrogens (tertiary/aromatic N) is 2. The van der Waals surface area contributed by atoms with Gasteiger partial charge in [0.05, 0.1) is 15.9 Å². The summed E-state index contributed by atoms with van der Waals surface area (Å²) in [4.78, 5) is 7.38. The Morgan fingerprint density at radius 1 is 0.929 bits per heavy atom. The van der Waals surface area contributed by atoms with Crippen molar-refractivity contribution in [3.8, 4) is 0 Å². The summed E-state index contributed by atoms with van der Waals surface area (Å²) in [6.45, 7) is 0. The maximum atomic E-state index is 13.1. The molecule has 0 fully saturated rings. The number of sulfonamides is 1. The number of para-hydroxylation sites is 2. The van der Waals surface area contributed by atoms with Crippen molar-refractivity contribution in [2.75, 3.05) is 5.32 Å². The van der Waals surface area contributed by atoms with Gasteiger partial charge < -0.3 is 10.3 Å². The molecule has 2 N–H and O–H groups in total. The van der Waals surface area contributed by atoms with Crippen molar-refractivity contribution in [2.24, 2.45) is 4.40 Å². The summed E-state index contributed by atoms with van der Waals surface area (Å²) in [5, 5.41) is 2.95. The summed E-state index contributed by atoms with van der Waals surface area (Å²) in [7, 11) is -4.06. The van der Waals surface area contributed by atoms with Crippen LogP contribution in [0.15, 0.2) is 88.2 Å². The smallest absolute Gasteiger partial charge is 0.284 e. The molecule has 0 aliphatic heterocycles. The van der Waals surface area contributed by atoms with Crippen LogP contribution in [0.3, 0.4) is 0 Å². The van der Waals surface area contributed by atoms with Gasteiger partial charge in [-0.2, -0.15) is 8.42 Å². The molecular weight excluding hydrogens is 379 g/mol. The van der Waals surface area contributed by atoms with Gasteiger partial charge in [0.2, 0.25) is 5.95 Å². The summed E-state index contributed by atoms with van der Waals surface area (Å²) in [5.74, 6) is -0.0614. The van der Waals surface area contributed by atoms with Crippen molar-refractivity contribution in [3.63, 3.8) is 0 Å². The zero-order valence-electron chi connectivity index (χ0n) is 14.5. The van der Waals surface area contributed by atoms with Gasteiger partial charge in [-0.3, -0.25) is 0 Å². The molecule has 0 spiro atoms. The van der Waals surface area contributed by atoms with E-state index < -0.39 is 15.8 Å². The number of nitrogens with one attached hydrogen (secondary N) is 2. The number of halogens is 1. The Labute approximate surface area is 160 Å². The third-order valence-electron chi connectivity index (χ3n) is 4.00. The van der Waals surface area contributed by atoms with E-state index in [4.69, 9.17) is 0 Å². The Kier molecular flexibility index (Phi) is 4.62. The van der Waals surface area contributed by atoms with Crippen LogP contribution < -0.4 is 5.32 Å².